The van der Waals surface area contributed by atoms with Crippen LogP contribution in [-0.2, 0) is 0 Å². The maximum atomic E-state index is 8.86. The standard InChI is InChI=1S/C8H17NO.ClH/c9-5-7-2-1-3-8(4-7)6-10;/h7-8,10H,1-6,9H2;1H. The molecule has 0 aliphatic heterocycles. The van der Waals surface area contributed by atoms with Gasteiger partial charge in [-0.05, 0) is 37.6 Å². The zero-order chi connectivity index (χ0) is 7.40. The summed E-state index contributed by atoms with van der Waals surface area (Å²) in [6.45, 7) is 1.16. The minimum absolute atomic E-state index is 0. The average molecular weight is 180 g/mol. The van der Waals surface area contributed by atoms with Gasteiger partial charge >= 0.3 is 0 Å². The average Bonchev–Trinajstić information content (AvgIpc) is 2.05. The summed E-state index contributed by atoms with van der Waals surface area (Å²) < 4.78 is 0. The summed E-state index contributed by atoms with van der Waals surface area (Å²) in [5.41, 5.74) is 5.54. The molecule has 0 bridgehead atoms. The van der Waals surface area contributed by atoms with Gasteiger partial charge in [-0.25, -0.2) is 0 Å². The van der Waals surface area contributed by atoms with E-state index in [1.165, 1.54) is 19.3 Å². The van der Waals surface area contributed by atoms with Gasteiger partial charge in [0.1, 0.15) is 0 Å². The van der Waals surface area contributed by atoms with Crippen LogP contribution in [0.1, 0.15) is 25.7 Å². The quantitative estimate of drug-likeness (QED) is 0.669. The minimum Gasteiger partial charge on any atom is -0.396 e. The Hall–Kier alpha value is 0.210. The first-order valence-corrected chi connectivity index (χ1v) is 4.17. The molecule has 0 heterocycles. The largest absolute Gasteiger partial charge is 0.396 e. The first-order valence-electron chi connectivity index (χ1n) is 4.17. The van der Waals surface area contributed by atoms with E-state index in [1.807, 2.05) is 0 Å². The van der Waals surface area contributed by atoms with Gasteiger partial charge in [-0.15, -0.1) is 12.4 Å². The molecule has 0 aromatic carbocycles. The molecule has 0 amide bonds. The Morgan fingerprint density at radius 1 is 1.27 bits per heavy atom. The minimum atomic E-state index is 0. The van der Waals surface area contributed by atoms with Crippen molar-refractivity contribution in [2.24, 2.45) is 17.6 Å². The molecule has 0 aromatic heterocycles. The monoisotopic (exact) mass is 179 g/mol. The highest BCUT2D eigenvalue weighted by atomic mass is 35.5. The van der Waals surface area contributed by atoms with Crippen LogP contribution in [-0.4, -0.2) is 18.3 Å². The van der Waals surface area contributed by atoms with Crippen LogP contribution in [0.4, 0.5) is 0 Å². The maximum absolute atomic E-state index is 8.86. The van der Waals surface area contributed by atoms with Crippen LogP contribution < -0.4 is 5.73 Å². The van der Waals surface area contributed by atoms with E-state index in [0.717, 1.165) is 13.0 Å². The Labute approximate surface area is 74.6 Å². The molecule has 0 spiro atoms. The Balaban J connectivity index is 0.000001000. The van der Waals surface area contributed by atoms with Gasteiger partial charge in [-0.3, -0.25) is 0 Å². The van der Waals surface area contributed by atoms with Gasteiger partial charge < -0.3 is 10.8 Å². The Morgan fingerprint density at radius 3 is 2.45 bits per heavy atom. The fraction of sp³-hybridized carbons (Fsp3) is 1.00. The highest BCUT2D eigenvalue weighted by molar-refractivity contribution is 5.85. The molecule has 1 aliphatic carbocycles. The Kier molecular flexibility index (Phi) is 5.92. The zero-order valence-corrected chi connectivity index (χ0v) is 7.65. The number of hydrogen-bond acceptors (Lipinski definition) is 2. The molecule has 11 heavy (non-hydrogen) atoms. The van der Waals surface area contributed by atoms with Gasteiger partial charge in [0.15, 0.2) is 0 Å². The lowest BCUT2D eigenvalue weighted by Crippen LogP contribution is -2.24. The van der Waals surface area contributed by atoms with E-state index in [-0.39, 0.29) is 12.4 Å². The van der Waals surface area contributed by atoms with Crippen molar-refractivity contribution in [3.8, 4) is 0 Å². The molecule has 2 atom stereocenters. The van der Waals surface area contributed by atoms with Crippen molar-refractivity contribution >= 4 is 12.4 Å². The number of aliphatic hydroxyl groups excluding tert-OH is 1. The van der Waals surface area contributed by atoms with Crippen molar-refractivity contribution in [3.63, 3.8) is 0 Å². The number of hydrogen-bond donors (Lipinski definition) is 2. The highest BCUT2D eigenvalue weighted by Gasteiger charge is 2.19. The summed E-state index contributed by atoms with van der Waals surface area (Å²) in [6.07, 6.45) is 4.88. The fourth-order valence-electron chi connectivity index (χ4n) is 1.78. The van der Waals surface area contributed by atoms with Crippen LogP contribution in [0.25, 0.3) is 0 Å². The van der Waals surface area contributed by atoms with Gasteiger partial charge in [-0.1, -0.05) is 6.42 Å². The Morgan fingerprint density at radius 2 is 1.91 bits per heavy atom. The van der Waals surface area contributed by atoms with Gasteiger partial charge in [0.25, 0.3) is 0 Å². The molecule has 3 N–H and O–H groups in total. The molecule has 3 heteroatoms. The SMILES string of the molecule is Cl.NCC1CCCC(CO)C1. The van der Waals surface area contributed by atoms with Crippen LogP contribution in [0.5, 0.6) is 0 Å². The molecule has 2 nitrogen and oxygen atoms in total. The predicted molar refractivity (Wildman–Crippen MR) is 48.8 cm³/mol. The van der Waals surface area contributed by atoms with Gasteiger partial charge in [0, 0.05) is 6.61 Å². The number of nitrogens with two attached hydrogens (primary N) is 1. The van der Waals surface area contributed by atoms with Gasteiger partial charge in [0.05, 0.1) is 0 Å². The number of rotatable bonds is 2. The third-order valence-corrected chi connectivity index (χ3v) is 2.48. The second-order valence-corrected chi connectivity index (χ2v) is 3.32. The van der Waals surface area contributed by atoms with Gasteiger partial charge in [0.2, 0.25) is 0 Å². The molecule has 68 valence electrons. The lowest BCUT2D eigenvalue weighted by Gasteiger charge is -2.26. The van der Waals surface area contributed by atoms with Crippen LogP contribution in [0.3, 0.4) is 0 Å². The number of halogens is 1. The van der Waals surface area contributed by atoms with Crippen molar-refractivity contribution in [3.05, 3.63) is 0 Å². The van der Waals surface area contributed by atoms with E-state index in [1.54, 1.807) is 0 Å². The summed E-state index contributed by atoms with van der Waals surface area (Å²) >= 11 is 0. The summed E-state index contributed by atoms with van der Waals surface area (Å²) in [6, 6.07) is 0. The van der Waals surface area contributed by atoms with E-state index in [9.17, 15) is 0 Å². The lowest BCUT2D eigenvalue weighted by molar-refractivity contribution is 0.163. The summed E-state index contributed by atoms with van der Waals surface area (Å²) in [4.78, 5) is 0. The molecule has 1 aliphatic rings. The topological polar surface area (TPSA) is 46.2 Å². The highest BCUT2D eigenvalue weighted by Crippen LogP contribution is 2.27. The molecular formula is C8H18ClNO. The third kappa shape index (κ3) is 3.41. The van der Waals surface area contributed by atoms with Crippen LogP contribution in [0.2, 0.25) is 0 Å². The molecule has 0 saturated heterocycles. The van der Waals surface area contributed by atoms with E-state index >= 15 is 0 Å². The lowest BCUT2D eigenvalue weighted by atomic mass is 9.82. The molecule has 0 radical (unpaired) electrons. The third-order valence-electron chi connectivity index (χ3n) is 2.48. The summed E-state index contributed by atoms with van der Waals surface area (Å²) in [5, 5.41) is 8.86. The summed E-state index contributed by atoms with van der Waals surface area (Å²) in [5.74, 6) is 1.23. The number of aliphatic hydroxyl groups is 1. The molecule has 0 aromatic rings. The predicted octanol–water partition coefficient (Wildman–Crippen LogP) is 1.17. The second kappa shape index (κ2) is 5.81. The van der Waals surface area contributed by atoms with Crippen molar-refractivity contribution in [2.75, 3.05) is 13.2 Å². The van der Waals surface area contributed by atoms with E-state index < -0.39 is 0 Å². The zero-order valence-electron chi connectivity index (χ0n) is 6.83. The first kappa shape index (κ1) is 11.2. The van der Waals surface area contributed by atoms with Crippen molar-refractivity contribution in [1.82, 2.24) is 0 Å². The van der Waals surface area contributed by atoms with Crippen molar-refractivity contribution in [1.29, 1.82) is 0 Å². The van der Waals surface area contributed by atoms with E-state index in [4.69, 9.17) is 10.8 Å². The van der Waals surface area contributed by atoms with Crippen LogP contribution in [0.15, 0.2) is 0 Å². The van der Waals surface area contributed by atoms with Crippen LogP contribution in [0, 0.1) is 11.8 Å². The molecule has 2 unspecified atom stereocenters. The molecule has 1 saturated carbocycles. The smallest absolute Gasteiger partial charge is 0.0459 e. The van der Waals surface area contributed by atoms with E-state index in [0.29, 0.717) is 18.4 Å². The Bertz CT molecular complexity index is 90.1. The van der Waals surface area contributed by atoms with Crippen molar-refractivity contribution in [2.45, 2.75) is 25.7 Å². The molecule has 1 rings (SSSR count). The maximum Gasteiger partial charge on any atom is 0.0459 e. The van der Waals surface area contributed by atoms with Gasteiger partial charge in [-0.2, -0.15) is 0 Å². The summed E-state index contributed by atoms with van der Waals surface area (Å²) in [7, 11) is 0. The molecular weight excluding hydrogens is 162 g/mol. The van der Waals surface area contributed by atoms with Crippen LogP contribution >= 0.6 is 12.4 Å². The first-order chi connectivity index (χ1) is 4.86. The normalized spacial score (nSPS) is 31.1. The molecule has 1 fully saturated rings. The second-order valence-electron chi connectivity index (χ2n) is 3.32. The fourth-order valence-corrected chi connectivity index (χ4v) is 1.78. The van der Waals surface area contributed by atoms with Crippen molar-refractivity contribution < 1.29 is 5.11 Å². The van der Waals surface area contributed by atoms with E-state index in [2.05, 4.69) is 0 Å².